The molecule has 0 radical (unpaired) electrons. The maximum absolute atomic E-state index is 12.6. The lowest BCUT2D eigenvalue weighted by Gasteiger charge is -2.17. The number of aromatic carboxylic acids is 2. The average molecular weight is 477 g/mol. The van der Waals surface area contributed by atoms with E-state index < -0.39 is 35.0 Å². The van der Waals surface area contributed by atoms with Crippen LogP contribution in [0.1, 0.15) is 120 Å². The number of carbonyl (C=O) groups is 4. The number of benzene rings is 1. The van der Waals surface area contributed by atoms with Gasteiger partial charge in [0.2, 0.25) is 0 Å². The Morgan fingerprint density at radius 1 is 0.618 bits per heavy atom. The summed E-state index contributed by atoms with van der Waals surface area (Å²) >= 11 is 0. The van der Waals surface area contributed by atoms with Crippen molar-refractivity contribution in [2.24, 2.45) is 11.8 Å². The van der Waals surface area contributed by atoms with E-state index in [1.54, 1.807) is 0 Å². The lowest BCUT2D eigenvalue weighted by molar-refractivity contribution is -0.259. The van der Waals surface area contributed by atoms with E-state index in [2.05, 4.69) is 27.7 Å². The topological polar surface area (TPSA) is 133 Å². The van der Waals surface area contributed by atoms with Gasteiger partial charge < -0.3 is 29.3 Å². The van der Waals surface area contributed by atoms with E-state index in [4.69, 9.17) is 9.47 Å². The Hall–Kier alpha value is -2.90. The van der Waals surface area contributed by atoms with Crippen molar-refractivity contribution in [1.82, 2.24) is 0 Å². The number of unbranched alkanes of at least 4 members (excludes halogenated alkanes) is 4. The second-order valence-corrected chi connectivity index (χ2v) is 9.28. The van der Waals surface area contributed by atoms with Gasteiger partial charge in [-0.2, -0.15) is 0 Å². The van der Waals surface area contributed by atoms with Crippen molar-refractivity contribution in [3.63, 3.8) is 0 Å². The number of carboxylic acids is 2. The molecule has 0 aromatic heterocycles. The number of rotatable bonds is 16. The number of hydrogen-bond donors (Lipinski definition) is 0. The Kier molecular flexibility index (Phi) is 12.9. The fourth-order valence-corrected chi connectivity index (χ4v) is 3.42. The quantitative estimate of drug-likeness (QED) is 0.262. The lowest BCUT2D eigenvalue weighted by atomic mass is 9.98. The molecule has 0 bridgehead atoms. The molecule has 34 heavy (non-hydrogen) atoms. The minimum Gasteiger partial charge on any atom is -0.545 e. The molecule has 0 fully saturated rings. The monoisotopic (exact) mass is 476 g/mol. The van der Waals surface area contributed by atoms with Gasteiger partial charge in [0.25, 0.3) is 0 Å². The summed E-state index contributed by atoms with van der Waals surface area (Å²) in [4.78, 5) is 48.1. The van der Waals surface area contributed by atoms with Crippen molar-refractivity contribution in [1.29, 1.82) is 0 Å². The number of carbonyl (C=O) groups excluding carboxylic acids is 4. The number of hydrogen-bond acceptors (Lipinski definition) is 8. The van der Waals surface area contributed by atoms with E-state index in [1.807, 2.05) is 0 Å². The zero-order valence-electron chi connectivity index (χ0n) is 20.6. The standard InChI is InChI=1S/C26H38O8/c1-17(2)11-7-5-9-13-33-25(31)21-15-19(23(27)28)20(24(29)30)16-22(21)26(32)34-14-10-6-8-12-18(3)4/h15-18H,5-14H2,1-4H3,(H,27,28)(H,29,30)/p-2. The molecule has 1 aromatic rings. The Labute approximate surface area is 201 Å². The van der Waals surface area contributed by atoms with Crippen LogP contribution in [-0.4, -0.2) is 37.1 Å². The van der Waals surface area contributed by atoms with Crippen LogP contribution in [0.3, 0.4) is 0 Å². The molecule has 0 aliphatic rings. The van der Waals surface area contributed by atoms with Crippen molar-refractivity contribution in [2.45, 2.75) is 79.1 Å². The van der Waals surface area contributed by atoms with Gasteiger partial charge in [-0.3, -0.25) is 0 Å². The zero-order chi connectivity index (χ0) is 25.7. The minimum atomic E-state index is -1.81. The molecule has 0 atom stereocenters. The molecular weight excluding hydrogens is 440 g/mol. The highest BCUT2D eigenvalue weighted by molar-refractivity contribution is 6.09. The smallest absolute Gasteiger partial charge is 0.339 e. The van der Waals surface area contributed by atoms with Crippen LogP contribution < -0.4 is 10.2 Å². The van der Waals surface area contributed by atoms with Crippen LogP contribution in [-0.2, 0) is 9.47 Å². The number of carboxylic acid groups (broad SMARTS) is 2. The van der Waals surface area contributed by atoms with Gasteiger partial charge in [0.15, 0.2) is 0 Å². The largest absolute Gasteiger partial charge is 0.545 e. The molecule has 190 valence electrons. The van der Waals surface area contributed by atoms with E-state index in [0.29, 0.717) is 24.7 Å². The van der Waals surface area contributed by atoms with Gasteiger partial charge in [-0.05, 0) is 36.8 Å². The maximum Gasteiger partial charge on any atom is 0.339 e. The Morgan fingerprint density at radius 3 is 1.26 bits per heavy atom. The first-order valence-corrected chi connectivity index (χ1v) is 12.0. The third kappa shape index (κ3) is 10.4. The molecule has 0 spiro atoms. The highest BCUT2D eigenvalue weighted by atomic mass is 16.5. The first-order chi connectivity index (χ1) is 16.0. The summed E-state index contributed by atoms with van der Waals surface area (Å²) < 4.78 is 10.4. The predicted octanol–water partition coefficient (Wildman–Crippen LogP) is 3.16. The van der Waals surface area contributed by atoms with Crippen molar-refractivity contribution in [3.8, 4) is 0 Å². The number of ether oxygens (including phenoxy) is 2. The number of esters is 2. The van der Waals surface area contributed by atoms with Gasteiger partial charge >= 0.3 is 11.9 Å². The van der Waals surface area contributed by atoms with Crippen LogP contribution in [0.4, 0.5) is 0 Å². The highest BCUT2D eigenvalue weighted by Crippen LogP contribution is 2.20. The van der Waals surface area contributed by atoms with Crippen molar-refractivity contribution in [3.05, 3.63) is 34.4 Å². The van der Waals surface area contributed by atoms with Gasteiger partial charge in [0, 0.05) is 11.1 Å². The average Bonchev–Trinajstić information content (AvgIpc) is 2.76. The fourth-order valence-electron chi connectivity index (χ4n) is 3.42. The van der Waals surface area contributed by atoms with Gasteiger partial charge in [-0.15, -0.1) is 0 Å². The molecule has 0 N–H and O–H groups in total. The first kappa shape index (κ1) is 29.1. The van der Waals surface area contributed by atoms with E-state index >= 15 is 0 Å². The van der Waals surface area contributed by atoms with Gasteiger partial charge in [0.1, 0.15) is 0 Å². The molecule has 0 aliphatic heterocycles. The van der Waals surface area contributed by atoms with Crippen molar-refractivity contribution in [2.75, 3.05) is 13.2 Å². The minimum absolute atomic E-state index is 0.0875. The first-order valence-electron chi connectivity index (χ1n) is 12.0. The summed E-state index contributed by atoms with van der Waals surface area (Å²) in [6.07, 6.45) is 7.01. The molecule has 0 amide bonds. The van der Waals surface area contributed by atoms with Crippen LogP contribution in [0.5, 0.6) is 0 Å². The Morgan fingerprint density at radius 2 is 0.971 bits per heavy atom. The van der Waals surface area contributed by atoms with Crippen molar-refractivity contribution < 1.29 is 38.9 Å². The van der Waals surface area contributed by atoms with Crippen LogP contribution in [0.2, 0.25) is 0 Å². The SMILES string of the molecule is CC(C)CCCCCOC(=O)c1cc(C(=O)[O-])c(C(=O)[O-])cc1C(=O)OCCCCCC(C)C. The molecule has 8 heteroatoms. The summed E-state index contributed by atoms with van der Waals surface area (Å²) in [6.45, 7) is 8.67. The van der Waals surface area contributed by atoms with Crippen LogP contribution in [0.25, 0.3) is 0 Å². The normalized spacial score (nSPS) is 11.0. The third-order valence-electron chi connectivity index (χ3n) is 5.36. The maximum atomic E-state index is 12.6. The molecule has 0 heterocycles. The molecule has 8 nitrogen and oxygen atoms in total. The molecular formula is C26H36O8-2. The van der Waals surface area contributed by atoms with E-state index in [1.165, 1.54) is 0 Å². The molecule has 0 aliphatic carbocycles. The summed E-state index contributed by atoms with van der Waals surface area (Å²) in [5.41, 5.74) is -2.30. The Bertz CT molecular complexity index is 772. The predicted molar refractivity (Wildman–Crippen MR) is 122 cm³/mol. The fraction of sp³-hybridized carbons (Fsp3) is 0.615. The van der Waals surface area contributed by atoms with Gasteiger partial charge in [-0.25, -0.2) is 9.59 Å². The summed E-state index contributed by atoms with van der Waals surface area (Å²) in [5.74, 6) is -4.33. The lowest BCUT2D eigenvalue weighted by Crippen LogP contribution is -2.31. The van der Waals surface area contributed by atoms with E-state index in [-0.39, 0.29) is 24.3 Å². The van der Waals surface area contributed by atoms with Crippen LogP contribution in [0.15, 0.2) is 12.1 Å². The summed E-state index contributed by atoms with van der Waals surface area (Å²) in [5, 5.41) is 22.8. The summed E-state index contributed by atoms with van der Waals surface area (Å²) in [7, 11) is 0. The van der Waals surface area contributed by atoms with Crippen molar-refractivity contribution >= 4 is 23.9 Å². The molecule has 0 saturated carbocycles. The molecule has 0 saturated heterocycles. The zero-order valence-corrected chi connectivity index (χ0v) is 20.6. The van der Waals surface area contributed by atoms with Crippen LogP contribution in [0, 0.1) is 11.8 Å². The molecule has 1 rings (SSSR count). The molecule has 1 aromatic carbocycles. The molecule has 0 unspecified atom stereocenters. The second kappa shape index (κ2) is 15.1. The third-order valence-corrected chi connectivity index (χ3v) is 5.36. The summed E-state index contributed by atoms with van der Waals surface area (Å²) in [6, 6.07) is 1.56. The highest BCUT2D eigenvalue weighted by Gasteiger charge is 2.23. The van der Waals surface area contributed by atoms with E-state index in [0.717, 1.165) is 50.7 Å². The Balaban J connectivity index is 2.94. The van der Waals surface area contributed by atoms with E-state index in [9.17, 15) is 29.4 Å². The van der Waals surface area contributed by atoms with Gasteiger partial charge in [0.05, 0.1) is 36.3 Å². The second-order valence-electron chi connectivity index (χ2n) is 9.28. The van der Waals surface area contributed by atoms with Crippen LogP contribution >= 0.6 is 0 Å². The van der Waals surface area contributed by atoms with Gasteiger partial charge in [-0.1, -0.05) is 66.2 Å².